The second-order valence-electron chi connectivity index (χ2n) is 3.34. The van der Waals surface area contributed by atoms with Crippen LogP contribution in [0.4, 0.5) is 0 Å². The Morgan fingerprint density at radius 2 is 2.28 bits per heavy atom. The number of esters is 1. The lowest BCUT2D eigenvalue weighted by Crippen LogP contribution is -2.15. The molecular formula is C13H8N2O3. The molecule has 0 bridgehead atoms. The molecule has 0 unspecified atom stereocenters. The van der Waals surface area contributed by atoms with E-state index in [2.05, 4.69) is 11.4 Å². The highest BCUT2D eigenvalue weighted by atomic mass is 16.7. The lowest BCUT2D eigenvalue weighted by molar-refractivity contribution is -0.137. The summed E-state index contributed by atoms with van der Waals surface area (Å²) in [6.07, 6.45) is 4.98. The molecule has 0 saturated carbocycles. The second kappa shape index (κ2) is 4.94. The van der Waals surface area contributed by atoms with Crippen molar-refractivity contribution >= 4 is 11.7 Å². The number of hydrogen-bond donors (Lipinski definition) is 1. The third-order valence-corrected chi connectivity index (χ3v) is 2.27. The average molecular weight is 240 g/mol. The van der Waals surface area contributed by atoms with Gasteiger partial charge in [0.2, 0.25) is 0 Å². The summed E-state index contributed by atoms with van der Waals surface area (Å²) >= 11 is 0. The fraction of sp³-hybridized carbons (Fsp3) is 0.0769. The number of hydroxylamine groups is 1. The summed E-state index contributed by atoms with van der Waals surface area (Å²) in [5.74, 6) is 1.93. The van der Waals surface area contributed by atoms with Gasteiger partial charge in [-0.15, -0.1) is 6.42 Å². The molecule has 0 fully saturated rings. The van der Waals surface area contributed by atoms with E-state index >= 15 is 0 Å². The normalized spacial score (nSPS) is 14.3. The smallest absolute Gasteiger partial charge is 0.352 e. The van der Waals surface area contributed by atoms with Crippen molar-refractivity contribution in [1.29, 1.82) is 5.26 Å². The highest BCUT2D eigenvalue weighted by molar-refractivity contribution is 6.02. The predicted molar refractivity (Wildman–Crippen MR) is 62.5 cm³/mol. The first-order valence-electron chi connectivity index (χ1n) is 5.05. The van der Waals surface area contributed by atoms with Gasteiger partial charge in [-0.05, 0) is 12.1 Å². The van der Waals surface area contributed by atoms with Gasteiger partial charge in [0.1, 0.15) is 11.8 Å². The molecule has 0 radical (unpaired) electrons. The monoisotopic (exact) mass is 240 g/mol. The summed E-state index contributed by atoms with van der Waals surface area (Å²) in [5.41, 5.74) is 3.28. The van der Waals surface area contributed by atoms with E-state index < -0.39 is 5.97 Å². The molecule has 1 aliphatic heterocycles. The molecule has 0 saturated heterocycles. The van der Waals surface area contributed by atoms with Crippen LogP contribution in [0, 0.1) is 23.7 Å². The maximum Gasteiger partial charge on any atom is 0.352 e. The van der Waals surface area contributed by atoms with Gasteiger partial charge in [0.25, 0.3) is 0 Å². The number of nitriles is 1. The summed E-state index contributed by atoms with van der Waals surface area (Å²) in [4.78, 5) is 16.8. The van der Waals surface area contributed by atoms with Gasteiger partial charge in [-0.1, -0.05) is 18.1 Å². The molecular weight excluding hydrogens is 232 g/mol. The second-order valence-corrected chi connectivity index (χ2v) is 3.34. The maximum atomic E-state index is 11.6. The van der Waals surface area contributed by atoms with Crippen LogP contribution in [0.3, 0.4) is 0 Å². The summed E-state index contributed by atoms with van der Waals surface area (Å²) in [6, 6.07) is 8.80. The van der Waals surface area contributed by atoms with Crippen molar-refractivity contribution in [3.05, 3.63) is 35.4 Å². The molecule has 0 aliphatic carbocycles. The van der Waals surface area contributed by atoms with Crippen LogP contribution in [0.5, 0.6) is 5.75 Å². The summed E-state index contributed by atoms with van der Waals surface area (Å²) < 4.78 is 4.72. The number of ether oxygens (including phenoxy) is 1. The van der Waals surface area contributed by atoms with Gasteiger partial charge in [0, 0.05) is 5.56 Å². The van der Waals surface area contributed by atoms with Crippen molar-refractivity contribution in [2.45, 2.75) is 0 Å². The van der Waals surface area contributed by atoms with Crippen LogP contribution in [0.1, 0.15) is 5.56 Å². The third kappa shape index (κ3) is 1.98. The Kier molecular flexibility index (Phi) is 3.17. The molecule has 0 atom stereocenters. The molecule has 5 nitrogen and oxygen atoms in total. The minimum absolute atomic E-state index is 0.171. The van der Waals surface area contributed by atoms with Crippen molar-refractivity contribution in [2.24, 2.45) is 0 Å². The van der Waals surface area contributed by atoms with Crippen molar-refractivity contribution in [3.8, 4) is 24.2 Å². The molecule has 1 heterocycles. The maximum absolute atomic E-state index is 11.6. The van der Waals surface area contributed by atoms with Crippen molar-refractivity contribution < 1.29 is 14.4 Å². The molecule has 1 aromatic carbocycles. The van der Waals surface area contributed by atoms with Crippen LogP contribution in [-0.4, -0.2) is 12.6 Å². The Morgan fingerprint density at radius 1 is 1.50 bits per heavy atom. The molecule has 0 aromatic heterocycles. The van der Waals surface area contributed by atoms with E-state index in [0.29, 0.717) is 11.3 Å². The molecule has 5 heteroatoms. The highest BCUT2D eigenvalue weighted by Gasteiger charge is 2.25. The molecule has 0 amide bonds. The summed E-state index contributed by atoms with van der Waals surface area (Å²) in [7, 11) is 0. The first-order valence-corrected chi connectivity index (χ1v) is 5.05. The number of nitrogens with one attached hydrogen (secondary N) is 1. The fourth-order valence-corrected chi connectivity index (χ4v) is 1.49. The van der Waals surface area contributed by atoms with Crippen LogP contribution in [-0.2, 0) is 9.53 Å². The number of carbonyl (C=O) groups excluding carboxylic acids is 1. The number of carbonyl (C=O) groups is 1. The lowest BCUT2D eigenvalue weighted by Gasteiger charge is -2.02. The lowest BCUT2D eigenvalue weighted by atomic mass is 10.1. The molecule has 1 aliphatic rings. The number of terminal acetylenes is 1. The molecule has 0 spiro atoms. The first kappa shape index (κ1) is 11.6. The average Bonchev–Trinajstić information content (AvgIpc) is 2.81. The minimum atomic E-state index is -0.779. The SMILES string of the molecule is C#CCOC(=O)C(C#N)=C1NOc2ccccc21. The number of hydrogen-bond acceptors (Lipinski definition) is 5. The van der Waals surface area contributed by atoms with Gasteiger partial charge in [0.05, 0.1) is 0 Å². The Hall–Kier alpha value is -2.92. The number of nitrogens with zero attached hydrogens (tertiary/aromatic N) is 1. The van der Waals surface area contributed by atoms with Crippen molar-refractivity contribution in [1.82, 2.24) is 5.48 Å². The van der Waals surface area contributed by atoms with Crippen LogP contribution in [0.25, 0.3) is 5.70 Å². The van der Waals surface area contributed by atoms with Gasteiger partial charge in [-0.25, -0.2) is 10.3 Å². The van der Waals surface area contributed by atoms with Gasteiger partial charge in [-0.2, -0.15) is 5.26 Å². The van der Waals surface area contributed by atoms with Crippen molar-refractivity contribution in [2.75, 3.05) is 6.61 Å². The molecule has 1 N–H and O–H groups in total. The number of fused-ring (bicyclic) bond motifs is 1. The summed E-state index contributed by atoms with van der Waals surface area (Å²) in [5, 5.41) is 9.03. The van der Waals surface area contributed by atoms with E-state index in [1.54, 1.807) is 30.3 Å². The molecule has 18 heavy (non-hydrogen) atoms. The Labute approximate surface area is 104 Å². The van der Waals surface area contributed by atoms with Crippen LogP contribution < -0.4 is 10.3 Å². The quantitative estimate of drug-likeness (QED) is 0.361. The van der Waals surface area contributed by atoms with Crippen LogP contribution >= 0.6 is 0 Å². The van der Waals surface area contributed by atoms with E-state index in [1.807, 2.05) is 0 Å². The highest BCUT2D eigenvalue weighted by Crippen LogP contribution is 2.31. The zero-order valence-corrected chi connectivity index (χ0v) is 9.27. The van der Waals surface area contributed by atoms with E-state index in [-0.39, 0.29) is 17.9 Å². The predicted octanol–water partition coefficient (Wildman–Crippen LogP) is 0.995. The number of benzene rings is 1. The van der Waals surface area contributed by atoms with E-state index in [1.165, 1.54) is 0 Å². The Bertz CT molecular complexity index is 605. The third-order valence-electron chi connectivity index (χ3n) is 2.27. The van der Waals surface area contributed by atoms with E-state index in [4.69, 9.17) is 21.3 Å². The number of para-hydroxylation sites is 1. The largest absolute Gasteiger partial charge is 0.448 e. The van der Waals surface area contributed by atoms with Crippen molar-refractivity contribution in [3.63, 3.8) is 0 Å². The topological polar surface area (TPSA) is 71.4 Å². The van der Waals surface area contributed by atoms with Gasteiger partial charge >= 0.3 is 5.97 Å². The zero-order valence-electron chi connectivity index (χ0n) is 9.27. The zero-order chi connectivity index (χ0) is 13.0. The Morgan fingerprint density at radius 3 is 3.00 bits per heavy atom. The number of rotatable bonds is 2. The standard InChI is InChI=1S/C13H8N2O3/c1-2-7-17-13(16)10(8-14)12-9-5-3-4-6-11(9)18-15-12/h1,3-6,15H,7H2. The summed E-state index contributed by atoms with van der Waals surface area (Å²) in [6.45, 7) is -0.181. The van der Waals surface area contributed by atoms with Gasteiger partial charge < -0.3 is 9.57 Å². The molecule has 88 valence electrons. The van der Waals surface area contributed by atoms with E-state index in [9.17, 15) is 4.79 Å². The Balaban J connectivity index is 2.39. The van der Waals surface area contributed by atoms with Gasteiger partial charge in [-0.3, -0.25) is 0 Å². The first-order chi connectivity index (χ1) is 8.77. The van der Waals surface area contributed by atoms with Gasteiger partial charge in [0.15, 0.2) is 17.9 Å². The molecule has 2 rings (SSSR count). The minimum Gasteiger partial charge on any atom is -0.448 e. The molecule has 1 aromatic rings. The van der Waals surface area contributed by atoms with Crippen LogP contribution in [0.15, 0.2) is 29.8 Å². The fourth-order valence-electron chi connectivity index (χ4n) is 1.49. The van der Waals surface area contributed by atoms with Crippen LogP contribution in [0.2, 0.25) is 0 Å². The van der Waals surface area contributed by atoms with E-state index in [0.717, 1.165) is 0 Å².